The predicted molar refractivity (Wildman–Crippen MR) is 65.8 cm³/mol. The Balaban J connectivity index is 1.68. The van der Waals surface area contributed by atoms with Crippen molar-refractivity contribution in [1.82, 2.24) is 10.2 Å². The fraction of sp³-hybridized carbons (Fsp3) is 0.909. The molecule has 0 aromatic heterocycles. The molecule has 2 aliphatic carbocycles. The normalized spacial score (nSPS) is 31.6. The molecule has 0 spiro atoms. The lowest BCUT2D eigenvalue weighted by molar-refractivity contribution is -0.125. The molecule has 2 rings (SSSR count). The maximum atomic E-state index is 11.8. The molecule has 5 heteroatoms. The number of halogens is 2. The van der Waals surface area contributed by atoms with Crippen molar-refractivity contribution in [3.05, 3.63) is 0 Å². The molecule has 0 aromatic rings. The Bertz CT molecular complexity index is 304. The molecule has 0 saturated heterocycles. The molecule has 1 atom stereocenters. The van der Waals surface area contributed by atoms with Crippen molar-refractivity contribution in [2.24, 2.45) is 5.41 Å². The molecule has 0 radical (unpaired) electrons. The number of carbonyl (C=O) groups is 1. The first-order valence-corrected chi connectivity index (χ1v) is 6.49. The molecular formula is C11H18Cl2N2O. The lowest BCUT2D eigenvalue weighted by Crippen LogP contribution is -2.38. The Kier molecular flexibility index (Phi) is 3.15. The molecule has 1 N–H and O–H groups in total. The van der Waals surface area contributed by atoms with E-state index >= 15 is 0 Å². The van der Waals surface area contributed by atoms with Crippen LogP contribution in [0.25, 0.3) is 0 Å². The van der Waals surface area contributed by atoms with Gasteiger partial charge in [-0.2, -0.15) is 0 Å². The Morgan fingerprint density at radius 2 is 2.06 bits per heavy atom. The van der Waals surface area contributed by atoms with Gasteiger partial charge in [0.2, 0.25) is 5.91 Å². The van der Waals surface area contributed by atoms with E-state index in [-0.39, 0.29) is 5.91 Å². The molecule has 3 nitrogen and oxygen atoms in total. The van der Waals surface area contributed by atoms with Gasteiger partial charge in [-0.15, -0.1) is 23.2 Å². The van der Waals surface area contributed by atoms with Crippen molar-refractivity contribution >= 4 is 29.1 Å². The van der Waals surface area contributed by atoms with Gasteiger partial charge in [-0.05, 0) is 33.2 Å². The summed E-state index contributed by atoms with van der Waals surface area (Å²) in [6.07, 6.45) is 3.12. The zero-order valence-corrected chi connectivity index (χ0v) is 11.2. The van der Waals surface area contributed by atoms with Gasteiger partial charge in [0.1, 0.15) is 4.33 Å². The number of alkyl halides is 2. The van der Waals surface area contributed by atoms with Gasteiger partial charge in [-0.25, -0.2) is 0 Å². The summed E-state index contributed by atoms with van der Waals surface area (Å²) in [4.78, 5) is 14.1. The maximum absolute atomic E-state index is 11.8. The van der Waals surface area contributed by atoms with E-state index in [1.165, 1.54) is 12.8 Å². The van der Waals surface area contributed by atoms with E-state index in [0.29, 0.717) is 13.0 Å². The first kappa shape index (κ1) is 12.5. The van der Waals surface area contributed by atoms with Crippen LogP contribution in [0.1, 0.15) is 26.2 Å². The van der Waals surface area contributed by atoms with Crippen LogP contribution in [0.15, 0.2) is 0 Å². The van der Waals surface area contributed by atoms with Crippen LogP contribution in [-0.4, -0.2) is 41.3 Å². The van der Waals surface area contributed by atoms with Gasteiger partial charge < -0.3 is 10.2 Å². The third-order valence-electron chi connectivity index (χ3n) is 3.68. The van der Waals surface area contributed by atoms with E-state index in [0.717, 1.165) is 12.6 Å². The van der Waals surface area contributed by atoms with Crippen LogP contribution in [-0.2, 0) is 4.79 Å². The van der Waals surface area contributed by atoms with Crippen LogP contribution in [0.5, 0.6) is 0 Å². The predicted octanol–water partition coefficient (Wildman–Crippen LogP) is 1.78. The average molecular weight is 265 g/mol. The molecule has 16 heavy (non-hydrogen) atoms. The van der Waals surface area contributed by atoms with Crippen LogP contribution >= 0.6 is 23.2 Å². The summed E-state index contributed by atoms with van der Waals surface area (Å²) in [5.74, 6) is -0.0262. The number of hydrogen-bond acceptors (Lipinski definition) is 2. The average Bonchev–Trinajstić information content (AvgIpc) is 3.04. The van der Waals surface area contributed by atoms with E-state index in [2.05, 4.69) is 17.3 Å². The number of rotatable bonds is 5. The van der Waals surface area contributed by atoms with Crippen LogP contribution in [0.4, 0.5) is 0 Å². The van der Waals surface area contributed by atoms with Crippen molar-refractivity contribution in [3.8, 4) is 0 Å². The maximum Gasteiger partial charge on any atom is 0.229 e. The van der Waals surface area contributed by atoms with E-state index in [9.17, 15) is 4.79 Å². The SMILES string of the molecule is CN(CCNC(=O)C1(C)CC1(Cl)Cl)C1CC1. The Morgan fingerprint density at radius 1 is 1.50 bits per heavy atom. The molecule has 1 unspecified atom stereocenters. The summed E-state index contributed by atoms with van der Waals surface area (Å²) in [5, 5.41) is 2.90. The smallest absolute Gasteiger partial charge is 0.229 e. The molecule has 1 amide bonds. The lowest BCUT2D eigenvalue weighted by atomic mass is 10.1. The number of nitrogens with zero attached hydrogens (tertiary/aromatic N) is 1. The molecular weight excluding hydrogens is 247 g/mol. The minimum absolute atomic E-state index is 0.0262. The van der Waals surface area contributed by atoms with Gasteiger partial charge in [0.15, 0.2) is 0 Å². The summed E-state index contributed by atoms with van der Waals surface area (Å²) in [7, 11) is 2.09. The van der Waals surface area contributed by atoms with Gasteiger partial charge in [0.25, 0.3) is 0 Å². The number of amides is 1. The molecule has 2 aliphatic rings. The Morgan fingerprint density at radius 3 is 2.50 bits per heavy atom. The van der Waals surface area contributed by atoms with Gasteiger partial charge in [0, 0.05) is 19.1 Å². The monoisotopic (exact) mass is 264 g/mol. The zero-order valence-electron chi connectivity index (χ0n) is 9.72. The van der Waals surface area contributed by atoms with E-state index in [1.54, 1.807) is 0 Å². The van der Waals surface area contributed by atoms with E-state index in [4.69, 9.17) is 23.2 Å². The minimum Gasteiger partial charge on any atom is -0.354 e. The van der Waals surface area contributed by atoms with Crippen LogP contribution in [0.2, 0.25) is 0 Å². The Labute approximate surface area is 106 Å². The van der Waals surface area contributed by atoms with Crippen molar-refractivity contribution in [2.45, 2.75) is 36.6 Å². The van der Waals surface area contributed by atoms with E-state index in [1.807, 2.05) is 6.92 Å². The minimum atomic E-state index is -0.862. The third-order valence-corrected chi connectivity index (χ3v) is 4.78. The van der Waals surface area contributed by atoms with Gasteiger partial charge in [-0.1, -0.05) is 0 Å². The summed E-state index contributed by atoms with van der Waals surface area (Å²) in [6, 6.07) is 0.730. The molecule has 0 aliphatic heterocycles. The van der Waals surface area contributed by atoms with Crippen LogP contribution in [0.3, 0.4) is 0 Å². The largest absolute Gasteiger partial charge is 0.354 e. The summed E-state index contributed by atoms with van der Waals surface area (Å²) in [6.45, 7) is 3.38. The molecule has 92 valence electrons. The second kappa shape index (κ2) is 4.04. The van der Waals surface area contributed by atoms with Crippen molar-refractivity contribution < 1.29 is 4.79 Å². The van der Waals surface area contributed by atoms with Crippen molar-refractivity contribution in [2.75, 3.05) is 20.1 Å². The highest BCUT2D eigenvalue weighted by atomic mass is 35.5. The standard InChI is InChI=1S/C11H18Cl2N2O/c1-10(7-11(10,12)13)9(16)14-5-6-15(2)8-3-4-8/h8H,3-7H2,1-2H3,(H,14,16). The fourth-order valence-electron chi connectivity index (χ4n) is 1.88. The summed E-state index contributed by atoms with van der Waals surface area (Å²) < 4.78 is -0.862. The van der Waals surface area contributed by atoms with Crippen molar-refractivity contribution in [1.29, 1.82) is 0 Å². The number of likely N-dealkylation sites (N-methyl/N-ethyl adjacent to an activating group) is 1. The highest BCUT2D eigenvalue weighted by molar-refractivity contribution is 6.53. The van der Waals surface area contributed by atoms with Gasteiger partial charge in [-0.3, -0.25) is 4.79 Å². The zero-order chi connectivity index (χ0) is 12.0. The summed E-state index contributed by atoms with van der Waals surface area (Å²) in [5.41, 5.74) is -0.589. The van der Waals surface area contributed by atoms with Gasteiger partial charge >= 0.3 is 0 Å². The topological polar surface area (TPSA) is 32.3 Å². The van der Waals surface area contributed by atoms with E-state index < -0.39 is 9.75 Å². The first-order chi connectivity index (χ1) is 7.37. The molecule has 2 fully saturated rings. The Hall–Kier alpha value is 0.01000. The second-order valence-corrected chi connectivity index (χ2v) is 6.66. The quantitative estimate of drug-likeness (QED) is 0.768. The second-order valence-electron chi connectivity index (χ2n) is 5.18. The number of nitrogens with one attached hydrogen (secondary N) is 1. The van der Waals surface area contributed by atoms with Crippen molar-refractivity contribution in [3.63, 3.8) is 0 Å². The lowest BCUT2D eigenvalue weighted by Gasteiger charge is -2.17. The highest BCUT2D eigenvalue weighted by Gasteiger charge is 2.67. The van der Waals surface area contributed by atoms with Crippen LogP contribution in [0, 0.1) is 5.41 Å². The number of hydrogen-bond donors (Lipinski definition) is 1. The third kappa shape index (κ3) is 2.31. The molecule has 0 heterocycles. The molecule has 0 bridgehead atoms. The summed E-state index contributed by atoms with van der Waals surface area (Å²) >= 11 is 11.9. The van der Waals surface area contributed by atoms with Gasteiger partial charge in [0.05, 0.1) is 5.41 Å². The highest BCUT2D eigenvalue weighted by Crippen LogP contribution is 2.63. The fourth-order valence-corrected chi connectivity index (χ4v) is 2.59. The number of carbonyl (C=O) groups excluding carboxylic acids is 1. The molecule has 2 saturated carbocycles. The van der Waals surface area contributed by atoms with Crippen LogP contribution < -0.4 is 5.32 Å². The first-order valence-electron chi connectivity index (χ1n) is 5.73. The molecule has 0 aromatic carbocycles.